The zero-order valence-corrected chi connectivity index (χ0v) is 15.6. The second kappa shape index (κ2) is 8.24. The molecule has 0 saturated heterocycles. The quantitative estimate of drug-likeness (QED) is 0.787. The van der Waals surface area contributed by atoms with Gasteiger partial charge >= 0.3 is 12.0 Å². The standard InChI is InChI=1S/C20H24N2O5/c1-12-7-16-14(10-26-17(16)8-13(12)2)9-19(24)27-11-18(23)22-20(25)21-15-5-3-4-6-15/h7-8,10,15H,3-6,9,11H2,1-2H3,(H2,21,22,23,25). The zero-order chi connectivity index (χ0) is 19.4. The van der Waals surface area contributed by atoms with Gasteiger partial charge in [0.1, 0.15) is 5.58 Å². The molecule has 1 aliphatic carbocycles. The number of ether oxygens (including phenoxy) is 1. The van der Waals surface area contributed by atoms with Crippen LogP contribution in [0.5, 0.6) is 0 Å². The molecule has 1 aromatic carbocycles. The van der Waals surface area contributed by atoms with Crippen LogP contribution in [0.3, 0.4) is 0 Å². The Kier molecular flexibility index (Phi) is 5.78. The lowest BCUT2D eigenvalue weighted by Gasteiger charge is -2.12. The Morgan fingerprint density at radius 1 is 1.15 bits per heavy atom. The number of imide groups is 1. The van der Waals surface area contributed by atoms with E-state index in [2.05, 4.69) is 10.6 Å². The van der Waals surface area contributed by atoms with Gasteiger partial charge in [0, 0.05) is 17.0 Å². The van der Waals surface area contributed by atoms with Crippen LogP contribution < -0.4 is 10.6 Å². The summed E-state index contributed by atoms with van der Waals surface area (Å²) < 4.78 is 10.5. The van der Waals surface area contributed by atoms with Gasteiger partial charge in [0.25, 0.3) is 5.91 Å². The van der Waals surface area contributed by atoms with E-state index in [9.17, 15) is 14.4 Å². The van der Waals surface area contributed by atoms with Crippen LogP contribution in [0.15, 0.2) is 22.8 Å². The molecule has 1 aliphatic rings. The van der Waals surface area contributed by atoms with E-state index in [1.54, 1.807) is 0 Å². The molecule has 1 aromatic heterocycles. The molecule has 2 aromatic rings. The van der Waals surface area contributed by atoms with Gasteiger partial charge < -0.3 is 14.5 Å². The molecule has 0 spiro atoms. The van der Waals surface area contributed by atoms with Gasteiger partial charge in [0.15, 0.2) is 6.61 Å². The molecule has 2 N–H and O–H groups in total. The molecule has 7 nitrogen and oxygen atoms in total. The van der Waals surface area contributed by atoms with Crippen LogP contribution in [-0.2, 0) is 20.7 Å². The number of carbonyl (C=O) groups is 3. The van der Waals surface area contributed by atoms with Crippen LogP contribution >= 0.6 is 0 Å². The fraction of sp³-hybridized carbons (Fsp3) is 0.450. The summed E-state index contributed by atoms with van der Waals surface area (Å²) in [5.74, 6) is -1.20. The minimum Gasteiger partial charge on any atom is -0.464 e. The summed E-state index contributed by atoms with van der Waals surface area (Å²) in [5, 5.41) is 5.78. The number of furan rings is 1. The molecule has 0 radical (unpaired) electrons. The highest BCUT2D eigenvalue weighted by Gasteiger charge is 2.19. The molecule has 144 valence electrons. The van der Waals surface area contributed by atoms with Crippen LogP contribution in [0.4, 0.5) is 4.79 Å². The summed E-state index contributed by atoms with van der Waals surface area (Å²) in [6.07, 6.45) is 5.54. The van der Waals surface area contributed by atoms with Crippen molar-refractivity contribution in [3.8, 4) is 0 Å². The molecule has 0 aliphatic heterocycles. The lowest BCUT2D eigenvalue weighted by molar-refractivity contribution is -0.147. The molecular formula is C20H24N2O5. The van der Waals surface area contributed by atoms with E-state index in [1.165, 1.54) is 6.26 Å². The molecular weight excluding hydrogens is 348 g/mol. The first-order valence-corrected chi connectivity index (χ1v) is 9.15. The summed E-state index contributed by atoms with van der Waals surface area (Å²) in [6.45, 7) is 3.49. The second-order valence-corrected chi connectivity index (χ2v) is 7.03. The fourth-order valence-corrected chi connectivity index (χ4v) is 3.28. The monoisotopic (exact) mass is 372 g/mol. The first-order valence-electron chi connectivity index (χ1n) is 9.15. The van der Waals surface area contributed by atoms with Crippen LogP contribution in [0.2, 0.25) is 0 Å². The third kappa shape index (κ3) is 4.87. The van der Waals surface area contributed by atoms with Crippen molar-refractivity contribution in [2.75, 3.05) is 6.61 Å². The number of amides is 3. The number of rotatable bonds is 5. The Bertz CT molecular complexity index is 865. The largest absolute Gasteiger partial charge is 0.464 e. The summed E-state index contributed by atoms with van der Waals surface area (Å²) >= 11 is 0. The fourth-order valence-electron chi connectivity index (χ4n) is 3.28. The maximum absolute atomic E-state index is 12.0. The summed E-state index contributed by atoms with van der Waals surface area (Å²) in [4.78, 5) is 35.5. The SMILES string of the molecule is Cc1cc2occ(CC(=O)OCC(=O)NC(=O)NC3CCCC3)c2cc1C. The van der Waals surface area contributed by atoms with Gasteiger partial charge in [-0.15, -0.1) is 0 Å². The molecule has 27 heavy (non-hydrogen) atoms. The van der Waals surface area contributed by atoms with Gasteiger partial charge in [-0.05, 0) is 49.9 Å². The van der Waals surface area contributed by atoms with Gasteiger partial charge in [-0.3, -0.25) is 14.9 Å². The third-order valence-corrected chi connectivity index (χ3v) is 4.91. The average molecular weight is 372 g/mol. The van der Waals surface area contributed by atoms with Crippen LogP contribution in [0.1, 0.15) is 42.4 Å². The van der Waals surface area contributed by atoms with E-state index < -0.39 is 24.5 Å². The number of aryl methyl sites for hydroxylation is 2. The minimum absolute atomic E-state index is 0.00293. The summed E-state index contributed by atoms with van der Waals surface area (Å²) in [7, 11) is 0. The summed E-state index contributed by atoms with van der Waals surface area (Å²) in [6, 6.07) is 3.46. The number of benzene rings is 1. The third-order valence-electron chi connectivity index (χ3n) is 4.91. The maximum atomic E-state index is 12.0. The highest BCUT2D eigenvalue weighted by molar-refractivity contribution is 5.96. The first kappa shape index (κ1) is 18.9. The van der Waals surface area contributed by atoms with Crippen molar-refractivity contribution < 1.29 is 23.5 Å². The Labute approximate surface area is 157 Å². The number of nitrogens with one attached hydrogen (secondary N) is 2. The predicted molar refractivity (Wildman–Crippen MR) is 99.3 cm³/mol. The van der Waals surface area contributed by atoms with Gasteiger partial charge in [0.2, 0.25) is 0 Å². The van der Waals surface area contributed by atoms with E-state index in [-0.39, 0.29) is 12.5 Å². The average Bonchev–Trinajstić information content (AvgIpc) is 3.24. The van der Waals surface area contributed by atoms with Gasteiger partial charge in [0.05, 0.1) is 12.7 Å². The van der Waals surface area contributed by atoms with E-state index in [0.717, 1.165) is 42.2 Å². The molecule has 7 heteroatoms. The number of hydrogen-bond donors (Lipinski definition) is 2. The van der Waals surface area contributed by atoms with Crippen molar-refractivity contribution in [1.29, 1.82) is 0 Å². The van der Waals surface area contributed by atoms with Crippen molar-refractivity contribution in [2.45, 2.75) is 52.0 Å². The number of urea groups is 1. The van der Waals surface area contributed by atoms with E-state index in [0.29, 0.717) is 11.1 Å². The van der Waals surface area contributed by atoms with Gasteiger partial charge in [-0.25, -0.2) is 4.79 Å². The molecule has 0 bridgehead atoms. The maximum Gasteiger partial charge on any atom is 0.321 e. The summed E-state index contributed by atoms with van der Waals surface area (Å²) in [5.41, 5.74) is 3.63. The molecule has 3 amide bonds. The van der Waals surface area contributed by atoms with E-state index >= 15 is 0 Å². The number of esters is 1. The zero-order valence-electron chi connectivity index (χ0n) is 15.6. The van der Waals surface area contributed by atoms with E-state index in [1.807, 2.05) is 26.0 Å². The van der Waals surface area contributed by atoms with Gasteiger partial charge in [-0.2, -0.15) is 0 Å². The number of carbonyl (C=O) groups excluding carboxylic acids is 3. The Morgan fingerprint density at radius 3 is 2.59 bits per heavy atom. The lowest BCUT2D eigenvalue weighted by Crippen LogP contribution is -2.45. The molecule has 0 atom stereocenters. The van der Waals surface area contributed by atoms with Crippen molar-refractivity contribution in [3.05, 3.63) is 35.1 Å². The Morgan fingerprint density at radius 2 is 1.85 bits per heavy atom. The topological polar surface area (TPSA) is 97.6 Å². The van der Waals surface area contributed by atoms with Crippen molar-refractivity contribution in [1.82, 2.24) is 10.6 Å². The van der Waals surface area contributed by atoms with Crippen molar-refractivity contribution >= 4 is 28.9 Å². The smallest absolute Gasteiger partial charge is 0.321 e. The van der Waals surface area contributed by atoms with Gasteiger partial charge in [-0.1, -0.05) is 12.8 Å². The second-order valence-electron chi connectivity index (χ2n) is 7.03. The van der Waals surface area contributed by atoms with Crippen LogP contribution in [0.25, 0.3) is 11.0 Å². The lowest BCUT2D eigenvalue weighted by atomic mass is 10.0. The Balaban J connectivity index is 1.47. The molecule has 1 saturated carbocycles. The van der Waals surface area contributed by atoms with Crippen LogP contribution in [-0.4, -0.2) is 30.6 Å². The van der Waals surface area contributed by atoms with Crippen LogP contribution in [0, 0.1) is 13.8 Å². The van der Waals surface area contributed by atoms with Crippen molar-refractivity contribution in [3.63, 3.8) is 0 Å². The number of fused-ring (bicyclic) bond motifs is 1. The molecule has 3 rings (SSSR count). The normalized spacial score (nSPS) is 14.3. The van der Waals surface area contributed by atoms with Crippen molar-refractivity contribution in [2.24, 2.45) is 0 Å². The molecule has 0 unspecified atom stereocenters. The van der Waals surface area contributed by atoms with E-state index in [4.69, 9.17) is 9.15 Å². The first-order chi connectivity index (χ1) is 12.9. The highest BCUT2D eigenvalue weighted by Crippen LogP contribution is 2.25. The minimum atomic E-state index is -0.651. The number of hydrogen-bond acceptors (Lipinski definition) is 5. The molecule has 1 fully saturated rings. The highest BCUT2D eigenvalue weighted by atomic mass is 16.5. The molecule has 1 heterocycles. The predicted octanol–water partition coefficient (Wildman–Crippen LogP) is 2.90. The Hall–Kier alpha value is -2.83.